The zero-order valence-corrected chi connectivity index (χ0v) is 16.5. The van der Waals surface area contributed by atoms with Gasteiger partial charge in [-0.1, -0.05) is 103 Å². The minimum Gasteiger partial charge on any atom is -0.289 e. The molecule has 0 bridgehead atoms. The third-order valence-electron chi connectivity index (χ3n) is 4.75. The third-order valence-corrected chi connectivity index (χ3v) is 4.97. The van der Waals surface area contributed by atoms with E-state index in [9.17, 15) is 4.79 Å². The van der Waals surface area contributed by atoms with Gasteiger partial charge in [-0.05, 0) is 52.1 Å². The number of benzene rings is 4. The molecule has 29 heavy (non-hydrogen) atoms. The number of halogens is 1. The first-order chi connectivity index (χ1) is 14.2. The fourth-order valence-corrected chi connectivity index (χ4v) is 3.55. The van der Waals surface area contributed by atoms with Gasteiger partial charge in [0.15, 0.2) is 5.78 Å². The Morgan fingerprint density at radius 3 is 2.00 bits per heavy atom. The van der Waals surface area contributed by atoms with E-state index in [1.54, 1.807) is 12.1 Å². The lowest BCUT2D eigenvalue weighted by molar-refractivity contribution is 0.104. The summed E-state index contributed by atoms with van der Waals surface area (Å²) in [4.78, 5) is 12.9. The molecular formula is C27H19ClO. The first-order valence-corrected chi connectivity index (χ1v) is 9.81. The summed E-state index contributed by atoms with van der Waals surface area (Å²) >= 11 is 6.29. The molecule has 0 unspecified atom stereocenters. The molecule has 1 nitrogen and oxygen atoms in total. The molecule has 0 aromatic heterocycles. The van der Waals surface area contributed by atoms with Gasteiger partial charge in [-0.2, -0.15) is 0 Å². The summed E-state index contributed by atoms with van der Waals surface area (Å²) in [6.45, 7) is 0. The maximum absolute atomic E-state index is 12.9. The lowest BCUT2D eigenvalue weighted by atomic mass is 9.98. The van der Waals surface area contributed by atoms with E-state index in [2.05, 4.69) is 18.2 Å². The van der Waals surface area contributed by atoms with E-state index < -0.39 is 0 Å². The normalized spacial score (nSPS) is 10.9. The van der Waals surface area contributed by atoms with E-state index >= 15 is 0 Å². The zero-order valence-electron chi connectivity index (χ0n) is 15.8. The summed E-state index contributed by atoms with van der Waals surface area (Å²) in [6.07, 6.45) is 3.48. The fourth-order valence-electron chi connectivity index (χ4n) is 3.31. The van der Waals surface area contributed by atoms with Crippen LogP contribution < -0.4 is 0 Å². The van der Waals surface area contributed by atoms with Crippen molar-refractivity contribution in [3.63, 3.8) is 0 Å². The predicted molar refractivity (Wildman–Crippen MR) is 122 cm³/mol. The second-order valence-corrected chi connectivity index (χ2v) is 7.18. The highest BCUT2D eigenvalue weighted by Crippen LogP contribution is 2.27. The largest absolute Gasteiger partial charge is 0.289 e. The van der Waals surface area contributed by atoms with Gasteiger partial charge in [-0.15, -0.1) is 0 Å². The second kappa shape index (κ2) is 8.72. The maximum Gasteiger partial charge on any atom is 0.185 e. The topological polar surface area (TPSA) is 17.1 Å². The highest BCUT2D eigenvalue weighted by Gasteiger charge is 2.08. The lowest BCUT2D eigenvalue weighted by Gasteiger charge is -2.07. The van der Waals surface area contributed by atoms with E-state index in [-0.39, 0.29) is 5.78 Å². The smallest absolute Gasteiger partial charge is 0.185 e. The van der Waals surface area contributed by atoms with Crippen molar-refractivity contribution < 1.29 is 4.79 Å². The van der Waals surface area contributed by atoms with E-state index in [1.807, 2.05) is 84.9 Å². The van der Waals surface area contributed by atoms with Crippen LogP contribution in [0.2, 0.25) is 5.02 Å². The molecular weight excluding hydrogens is 376 g/mol. The van der Waals surface area contributed by atoms with Crippen LogP contribution in [-0.4, -0.2) is 5.78 Å². The number of rotatable bonds is 5. The minimum atomic E-state index is -0.0763. The molecule has 4 aromatic carbocycles. The Kier molecular flexibility index (Phi) is 5.69. The Morgan fingerprint density at radius 1 is 0.655 bits per heavy atom. The molecule has 0 heterocycles. The summed E-state index contributed by atoms with van der Waals surface area (Å²) in [6, 6.07) is 33.6. The molecule has 0 radical (unpaired) electrons. The number of ketones is 1. The SMILES string of the molecule is O=C(/C=C/c1ccccc1-c1ccccc1)c1cc(Cl)cc(-c2ccccc2)c1. The van der Waals surface area contributed by atoms with E-state index in [1.165, 1.54) is 0 Å². The first-order valence-electron chi connectivity index (χ1n) is 9.43. The van der Waals surface area contributed by atoms with Crippen LogP contribution in [0.1, 0.15) is 15.9 Å². The average Bonchev–Trinajstić information content (AvgIpc) is 2.78. The zero-order chi connectivity index (χ0) is 20.1. The van der Waals surface area contributed by atoms with Gasteiger partial charge in [0.25, 0.3) is 0 Å². The van der Waals surface area contributed by atoms with Crippen LogP contribution in [0.3, 0.4) is 0 Å². The van der Waals surface area contributed by atoms with Crippen LogP contribution in [0, 0.1) is 0 Å². The molecule has 0 saturated heterocycles. The van der Waals surface area contributed by atoms with Gasteiger partial charge in [0.05, 0.1) is 0 Å². The standard InChI is InChI=1S/C27H19ClO/c28-25-18-23(20-9-3-1-4-10-20)17-24(19-25)27(29)16-15-22-13-7-8-14-26(22)21-11-5-2-6-12-21/h1-19H/b16-15+. The van der Waals surface area contributed by atoms with Crippen LogP contribution in [0.5, 0.6) is 0 Å². The van der Waals surface area contributed by atoms with Gasteiger partial charge < -0.3 is 0 Å². The average molecular weight is 395 g/mol. The summed E-state index contributed by atoms with van der Waals surface area (Å²) in [5, 5.41) is 0.549. The molecule has 140 valence electrons. The Hall–Kier alpha value is -3.42. The monoisotopic (exact) mass is 394 g/mol. The summed E-state index contributed by atoms with van der Waals surface area (Å²) in [5.74, 6) is -0.0763. The molecule has 0 spiro atoms. The predicted octanol–water partition coefficient (Wildman–Crippen LogP) is 7.57. The van der Waals surface area contributed by atoms with Crippen molar-refractivity contribution in [2.24, 2.45) is 0 Å². The van der Waals surface area contributed by atoms with Crippen molar-refractivity contribution in [1.29, 1.82) is 0 Å². The molecule has 0 saturated carbocycles. The van der Waals surface area contributed by atoms with Gasteiger partial charge in [0.2, 0.25) is 0 Å². The van der Waals surface area contributed by atoms with Crippen molar-refractivity contribution in [1.82, 2.24) is 0 Å². The Bertz CT molecular complexity index is 1160. The van der Waals surface area contributed by atoms with Crippen LogP contribution in [-0.2, 0) is 0 Å². The van der Waals surface area contributed by atoms with Crippen molar-refractivity contribution in [2.75, 3.05) is 0 Å². The Balaban J connectivity index is 1.64. The Labute approximate surface area is 175 Å². The maximum atomic E-state index is 12.9. The molecule has 4 rings (SSSR count). The van der Waals surface area contributed by atoms with Crippen molar-refractivity contribution in [3.8, 4) is 22.3 Å². The molecule has 0 aliphatic rings. The summed E-state index contributed by atoms with van der Waals surface area (Å²) < 4.78 is 0. The van der Waals surface area contributed by atoms with Crippen molar-refractivity contribution in [2.45, 2.75) is 0 Å². The third kappa shape index (κ3) is 4.53. The van der Waals surface area contributed by atoms with Crippen molar-refractivity contribution >= 4 is 23.5 Å². The van der Waals surface area contributed by atoms with Crippen molar-refractivity contribution in [3.05, 3.63) is 125 Å². The number of allylic oxidation sites excluding steroid dienone is 1. The van der Waals surface area contributed by atoms with E-state index in [0.717, 1.165) is 27.8 Å². The second-order valence-electron chi connectivity index (χ2n) is 6.75. The number of hydrogen-bond acceptors (Lipinski definition) is 1. The summed E-state index contributed by atoms with van der Waals surface area (Å²) in [5.41, 5.74) is 5.74. The minimum absolute atomic E-state index is 0.0763. The van der Waals surface area contributed by atoms with Crippen LogP contribution >= 0.6 is 11.6 Å². The number of carbonyl (C=O) groups is 1. The number of hydrogen-bond donors (Lipinski definition) is 0. The van der Waals surface area contributed by atoms with E-state index in [0.29, 0.717) is 10.6 Å². The fraction of sp³-hybridized carbons (Fsp3) is 0. The molecule has 0 N–H and O–H groups in total. The lowest BCUT2D eigenvalue weighted by Crippen LogP contribution is -1.95. The van der Waals surface area contributed by atoms with Gasteiger partial charge in [0.1, 0.15) is 0 Å². The van der Waals surface area contributed by atoms with E-state index in [4.69, 9.17) is 11.6 Å². The molecule has 0 atom stereocenters. The van der Waals surface area contributed by atoms with Gasteiger partial charge in [0, 0.05) is 10.6 Å². The van der Waals surface area contributed by atoms with Crippen LogP contribution in [0.4, 0.5) is 0 Å². The highest BCUT2D eigenvalue weighted by atomic mass is 35.5. The molecule has 2 heteroatoms. The quantitative estimate of drug-likeness (QED) is 0.252. The van der Waals surface area contributed by atoms with Gasteiger partial charge in [-0.3, -0.25) is 4.79 Å². The van der Waals surface area contributed by atoms with Gasteiger partial charge in [-0.25, -0.2) is 0 Å². The van der Waals surface area contributed by atoms with Gasteiger partial charge >= 0.3 is 0 Å². The summed E-state index contributed by atoms with van der Waals surface area (Å²) in [7, 11) is 0. The molecule has 0 aliphatic carbocycles. The molecule has 0 amide bonds. The number of carbonyl (C=O) groups excluding carboxylic acids is 1. The van der Waals surface area contributed by atoms with Crippen LogP contribution in [0.15, 0.2) is 109 Å². The molecule has 4 aromatic rings. The van der Waals surface area contributed by atoms with Crippen LogP contribution in [0.25, 0.3) is 28.3 Å². The highest BCUT2D eigenvalue weighted by molar-refractivity contribution is 6.31. The Morgan fingerprint density at radius 2 is 1.28 bits per heavy atom. The molecule has 0 aliphatic heterocycles. The molecule has 0 fully saturated rings. The first kappa shape index (κ1) is 18.9.